The maximum atomic E-state index is 5.33. The van der Waals surface area contributed by atoms with Crippen molar-refractivity contribution in [3.05, 3.63) is 29.8 Å². The van der Waals surface area contributed by atoms with Gasteiger partial charge in [-0.3, -0.25) is 4.90 Å². The average molecular weight is 293 g/mol. The van der Waals surface area contributed by atoms with Crippen molar-refractivity contribution < 1.29 is 4.74 Å². The summed E-state index contributed by atoms with van der Waals surface area (Å²) in [7, 11) is 0. The van der Waals surface area contributed by atoms with Crippen molar-refractivity contribution in [3.8, 4) is 0 Å². The molecule has 1 heterocycles. The minimum Gasteiger partial charge on any atom is -0.379 e. The van der Waals surface area contributed by atoms with Gasteiger partial charge in [0.25, 0.3) is 0 Å². The highest BCUT2D eigenvalue weighted by atomic mass is 32.1. The number of morpholine rings is 1. The Hall–Kier alpha value is -1.17. The lowest BCUT2D eigenvalue weighted by Gasteiger charge is -2.26. The van der Waals surface area contributed by atoms with E-state index >= 15 is 0 Å². The molecule has 1 aromatic rings. The van der Waals surface area contributed by atoms with Crippen LogP contribution in [0.2, 0.25) is 0 Å². The van der Waals surface area contributed by atoms with Crippen molar-refractivity contribution in [2.75, 3.05) is 44.7 Å². The van der Waals surface area contributed by atoms with Crippen molar-refractivity contribution >= 4 is 23.0 Å². The van der Waals surface area contributed by atoms with Gasteiger partial charge >= 0.3 is 0 Å². The normalized spacial score (nSPS) is 15.8. The molecule has 0 amide bonds. The SMILES string of the molecule is Cc1cccc(NC(=S)NCCCN2CCOCC2)c1. The number of thiocarbonyl (C=S) groups is 1. The molecule has 20 heavy (non-hydrogen) atoms. The van der Waals surface area contributed by atoms with E-state index in [4.69, 9.17) is 17.0 Å². The lowest BCUT2D eigenvalue weighted by molar-refractivity contribution is 0.0376. The van der Waals surface area contributed by atoms with Crippen molar-refractivity contribution in [2.24, 2.45) is 0 Å². The Labute approximate surface area is 126 Å². The zero-order chi connectivity index (χ0) is 14.2. The van der Waals surface area contributed by atoms with E-state index in [1.807, 2.05) is 12.1 Å². The Kier molecular flexibility index (Phi) is 6.24. The summed E-state index contributed by atoms with van der Waals surface area (Å²) in [4.78, 5) is 2.43. The monoisotopic (exact) mass is 293 g/mol. The predicted molar refractivity (Wildman–Crippen MR) is 87.3 cm³/mol. The molecule has 2 rings (SSSR count). The number of benzene rings is 1. The number of hydrogen-bond donors (Lipinski definition) is 2. The number of nitrogens with one attached hydrogen (secondary N) is 2. The van der Waals surface area contributed by atoms with Gasteiger partial charge in [-0.1, -0.05) is 12.1 Å². The molecule has 1 fully saturated rings. The molecule has 1 aliphatic heterocycles. The fourth-order valence-electron chi connectivity index (χ4n) is 2.23. The Morgan fingerprint density at radius 3 is 2.90 bits per heavy atom. The summed E-state index contributed by atoms with van der Waals surface area (Å²) in [5, 5.41) is 7.15. The summed E-state index contributed by atoms with van der Waals surface area (Å²) in [5.74, 6) is 0. The van der Waals surface area contributed by atoms with Gasteiger partial charge in [0.1, 0.15) is 0 Å². The number of nitrogens with zero attached hydrogens (tertiary/aromatic N) is 1. The van der Waals surface area contributed by atoms with Crippen molar-refractivity contribution in [3.63, 3.8) is 0 Å². The number of rotatable bonds is 5. The van der Waals surface area contributed by atoms with E-state index in [1.54, 1.807) is 0 Å². The van der Waals surface area contributed by atoms with Crippen LogP contribution in [0.1, 0.15) is 12.0 Å². The molecule has 1 saturated heterocycles. The van der Waals surface area contributed by atoms with E-state index in [1.165, 1.54) is 5.56 Å². The largest absolute Gasteiger partial charge is 0.379 e. The molecule has 2 N–H and O–H groups in total. The predicted octanol–water partition coefficient (Wildman–Crippen LogP) is 2.00. The minimum atomic E-state index is 0.692. The van der Waals surface area contributed by atoms with E-state index in [2.05, 4.69) is 34.6 Å². The maximum Gasteiger partial charge on any atom is 0.170 e. The second kappa shape index (κ2) is 8.19. The first kappa shape index (κ1) is 15.2. The maximum absolute atomic E-state index is 5.33. The fraction of sp³-hybridized carbons (Fsp3) is 0.533. The van der Waals surface area contributed by atoms with E-state index in [9.17, 15) is 0 Å². The van der Waals surface area contributed by atoms with Crippen LogP contribution in [-0.4, -0.2) is 49.4 Å². The van der Waals surface area contributed by atoms with Gasteiger partial charge in [0.05, 0.1) is 13.2 Å². The van der Waals surface area contributed by atoms with Crippen molar-refractivity contribution in [1.29, 1.82) is 0 Å². The zero-order valence-electron chi connectivity index (χ0n) is 12.0. The Bertz CT molecular complexity index is 433. The fourth-order valence-corrected chi connectivity index (χ4v) is 2.45. The van der Waals surface area contributed by atoms with Crippen LogP contribution in [0, 0.1) is 6.92 Å². The first-order valence-electron chi connectivity index (χ1n) is 7.16. The summed E-state index contributed by atoms with van der Waals surface area (Å²) < 4.78 is 5.33. The van der Waals surface area contributed by atoms with Crippen molar-refractivity contribution in [2.45, 2.75) is 13.3 Å². The third kappa shape index (κ3) is 5.45. The summed E-state index contributed by atoms with van der Waals surface area (Å²) >= 11 is 5.29. The zero-order valence-corrected chi connectivity index (χ0v) is 12.8. The summed E-state index contributed by atoms with van der Waals surface area (Å²) in [6, 6.07) is 8.21. The standard InChI is InChI=1S/C15H23N3OS/c1-13-4-2-5-14(12-13)17-15(20)16-6-3-7-18-8-10-19-11-9-18/h2,4-5,12H,3,6-11H2,1H3,(H2,16,17,20). The second-order valence-electron chi connectivity index (χ2n) is 5.06. The van der Waals surface area contributed by atoms with Gasteiger partial charge in [0, 0.05) is 25.3 Å². The third-order valence-corrected chi connectivity index (χ3v) is 3.56. The van der Waals surface area contributed by atoms with E-state index < -0.39 is 0 Å². The van der Waals surface area contributed by atoms with E-state index in [0.29, 0.717) is 5.11 Å². The van der Waals surface area contributed by atoms with Crippen molar-refractivity contribution in [1.82, 2.24) is 10.2 Å². The first-order valence-corrected chi connectivity index (χ1v) is 7.56. The summed E-state index contributed by atoms with van der Waals surface area (Å²) in [6.07, 6.45) is 1.09. The molecule has 0 spiro atoms. The molecule has 0 saturated carbocycles. The number of hydrogen-bond acceptors (Lipinski definition) is 3. The second-order valence-corrected chi connectivity index (χ2v) is 5.47. The van der Waals surface area contributed by atoms with E-state index in [-0.39, 0.29) is 0 Å². The Morgan fingerprint density at radius 2 is 2.15 bits per heavy atom. The first-order chi connectivity index (χ1) is 9.74. The van der Waals surface area contributed by atoms with Gasteiger partial charge < -0.3 is 15.4 Å². The van der Waals surface area contributed by atoms with Gasteiger partial charge in [-0.2, -0.15) is 0 Å². The molecule has 0 atom stereocenters. The number of anilines is 1. The molecular formula is C15H23N3OS. The third-order valence-electron chi connectivity index (χ3n) is 3.32. The van der Waals surface area contributed by atoms with Crippen LogP contribution in [0.15, 0.2) is 24.3 Å². The van der Waals surface area contributed by atoms with Gasteiger partial charge in [-0.05, 0) is 49.8 Å². The number of ether oxygens (including phenoxy) is 1. The van der Waals surface area contributed by atoms with Gasteiger partial charge in [0.2, 0.25) is 0 Å². The smallest absolute Gasteiger partial charge is 0.170 e. The average Bonchev–Trinajstić information content (AvgIpc) is 2.45. The highest BCUT2D eigenvalue weighted by Gasteiger charge is 2.09. The molecule has 0 radical (unpaired) electrons. The van der Waals surface area contributed by atoms with Crippen LogP contribution in [0.25, 0.3) is 0 Å². The minimum absolute atomic E-state index is 0.692. The molecule has 0 bridgehead atoms. The van der Waals surface area contributed by atoms with Gasteiger partial charge in [-0.25, -0.2) is 0 Å². The Balaban J connectivity index is 1.60. The van der Waals surface area contributed by atoms with Gasteiger partial charge in [-0.15, -0.1) is 0 Å². The number of aryl methyl sites for hydroxylation is 1. The molecule has 1 aliphatic rings. The molecule has 0 aliphatic carbocycles. The van der Waals surface area contributed by atoms with Crippen LogP contribution < -0.4 is 10.6 Å². The molecule has 0 aromatic heterocycles. The highest BCUT2D eigenvalue weighted by molar-refractivity contribution is 7.80. The van der Waals surface area contributed by atoms with Crippen LogP contribution in [0.3, 0.4) is 0 Å². The quantitative estimate of drug-likeness (QED) is 0.641. The molecule has 110 valence electrons. The van der Waals surface area contributed by atoms with Gasteiger partial charge in [0.15, 0.2) is 5.11 Å². The highest BCUT2D eigenvalue weighted by Crippen LogP contribution is 2.09. The van der Waals surface area contributed by atoms with Crippen LogP contribution in [-0.2, 0) is 4.74 Å². The lowest BCUT2D eigenvalue weighted by atomic mass is 10.2. The summed E-state index contributed by atoms with van der Waals surface area (Å²) in [5.41, 5.74) is 2.26. The Morgan fingerprint density at radius 1 is 1.35 bits per heavy atom. The van der Waals surface area contributed by atoms with Crippen LogP contribution in [0.5, 0.6) is 0 Å². The topological polar surface area (TPSA) is 36.5 Å². The lowest BCUT2D eigenvalue weighted by Crippen LogP contribution is -2.38. The molecule has 1 aromatic carbocycles. The molecule has 0 unspecified atom stereocenters. The molecule has 5 heteroatoms. The van der Waals surface area contributed by atoms with E-state index in [0.717, 1.165) is 51.5 Å². The molecular weight excluding hydrogens is 270 g/mol. The molecule has 4 nitrogen and oxygen atoms in total. The van der Waals surface area contributed by atoms with Crippen LogP contribution in [0.4, 0.5) is 5.69 Å². The van der Waals surface area contributed by atoms with Crippen LogP contribution >= 0.6 is 12.2 Å². The summed E-state index contributed by atoms with van der Waals surface area (Å²) in [6.45, 7) is 7.89.